The van der Waals surface area contributed by atoms with Crippen molar-refractivity contribution in [1.29, 1.82) is 0 Å². The third kappa shape index (κ3) is 5.72. The predicted octanol–water partition coefficient (Wildman–Crippen LogP) is 1.99. The number of aliphatic hydroxyl groups is 1. The van der Waals surface area contributed by atoms with E-state index >= 15 is 0 Å². The molecule has 0 amide bonds. The first-order chi connectivity index (χ1) is 9.53. The number of rotatable bonds is 6. The highest BCUT2D eigenvalue weighted by molar-refractivity contribution is 5.47. The lowest BCUT2D eigenvalue weighted by Gasteiger charge is -2.26. The lowest BCUT2D eigenvalue weighted by molar-refractivity contribution is -0.144. The van der Waals surface area contributed by atoms with Gasteiger partial charge >= 0.3 is 6.18 Å². The Hall–Kier alpha value is -1.61. The summed E-state index contributed by atoms with van der Waals surface area (Å²) in [7, 11) is 0. The van der Waals surface area contributed by atoms with Gasteiger partial charge in [-0.25, -0.2) is 15.8 Å². The largest absolute Gasteiger partial charge is 0.451 e. The number of halogens is 3. The van der Waals surface area contributed by atoms with Crippen LogP contribution >= 0.6 is 0 Å². The topological polar surface area (TPSA) is 96.1 Å². The number of hydrogen-bond donors (Lipinski definition) is 4. The molecule has 120 valence electrons. The van der Waals surface area contributed by atoms with Crippen molar-refractivity contribution in [2.45, 2.75) is 39.0 Å². The van der Waals surface area contributed by atoms with E-state index in [1.165, 1.54) is 6.07 Å². The molecule has 1 unspecified atom stereocenters. The zero-order valence-electron chi connectivity index (χ0n) is 12.1. The van der Waals surface area contributed by atoms with Crippen molar-refractivity contribution in [3.05, 3.63) is 11.9 Å². The zero-order valence-corrected chi connectivity index (χ0v) is 12.1. The van der Waals surface area contributed by atoms with Crippen LogP contribution in [-0.4, -0.2) is 27.2 Å². The van der Waals surface area contributed by atoms with Crippen LogP contribution in [0, 0.1) is 5.92 Å². The quantitative estimate of drug-likeness (QED) is 0.474. The lowest BCUT2D eigenvalue weighted by Crippen LogP contribution is -2.35. The van der Waals surface area contributed by atoms with Crippen molar-refractivity contribution >= 4 is 11.6 Å². The monoisotopic (exact) mass is 307 g/mol. The maximum absolute atomic E-state index is 12.7. The van der Waals surface area contributed by atoms with E-state index in [-0.39, 0.29) is 24.1 Å². The molecule has 6 nitrogen and oxygen atoms in total. The summed E-state index contributed by atoms with van der Waals surface area (Å²) in [6.45, 7) is 5.55. The maximum Gasteiger partial charge on any atom is 0.451 e. The van der Waals surface area contributed by atoms with Gasteiger partial charge in [0.25, 0.3) is 0 Å². The minimum atomic E-state index is -4.68. The van der Waals surface area contributed by atoms with Crippen molar-refractivity contribution in [3.8, 4) is 0 Å². The Kier molecular flexibility index (Phi) is 5.35. The van der Waals surface area contributed by atoms with Crippen LogP contribution in [0.4, 0.5) is 24.8 Å². The number of anilines is 2. The molecule has 1 heterocycles. The Morgan fingerprint density at radius 1 is 1.29 bits per heavy atom. The van der Waals surface area contributed by atoms with Gasteiger partial charge in [0.05, 0.1) is 5.60 Å². The fourth-order valence-corrected chi connectivity index (χ4v) is 1.97. The molecular weight excluding hydrogens is 287 g/mol. The predicted molar refractivity (Wildman–Crippen MR) is 73.4 cm³/mol. The number of nitrogen functional groups attached to an aromatic ring is 1. The van der Waals surface area contributed by atoms with Gasteiger partial charge in [-0.3, -0.25) is 0 Å². The van der Waals surface area contributed by atoms with Gasteiger partial charge in [-0.2, -0.15) is 13.2 Å². The first kappa shape index (κ1) is 17.4. The van der Waals surface area contributed by atoms with E-state index in [1.807, 2.05) is 13.8 Å². The Bertz CT molecular complexity index is 476. The van der Waals surface area contributed by atoms with E-state index in [9.17, 15) is 18.3 Å². The summed E-state index contributed by atoms with van der Waals surface area (Å²) in [5.41, 5.74) is 0.994. The fraction of sp³-hybridized carbons (Fsp3) is 0.667. The van der Waals surface area contributed by atoms with E-state index < -0.39 is 17.6 Å². The molecule has 1 atom stereocenters. The van der Waals surface area contributed by atoms with Gasteiger partial charge in [0.2, 0.25) is 5.82 Å². The van der Waals surface area contributed by atoms with Crippen LogP contribution < -0.4 is 16.6 Å². The van der Waals surface area contributed by atoms with E-state index in [4.69, 9.17) is 5.84 Å². The second kappa shape index (κ2) is 6.44. The highest BCUT2D eigenvalue weighted by atomic mass is 19.4. The molecule has 0 fully saturated rings. The number of nitrogens with two attached hydrogens (primary N) is 1. The van der Waals surface area contributed by atoms with Gasteiger partial charge in [-0.15, -0.1) is 0 Å². The second-order valence-corrected chi connectivity index (χ2v) is 5.55. The van der Waals surface area contributed by atoms with E-state index in [2.05, 4.69) is 20.7 Å². The third-order valence-electron chi connectivity index (χ3n) is 2.63. The molecule has 0 saturated heterocycles. The Morgan fingerprint density at radius 2 is 1.86 bits per heavy atom. The highest BCUT2D eigenvalue weighted by Crippen LogP contribution is 2.28. The SMILES string of the molecule is CC(C)CC(C)(O)CNc1cc(NN)nc(C(F)(F)F)n1. The van der Waals surface area contributed by atoms with Crippen LogP contribution in [0.2, 0.25) is 0 Å². The summed E-state index contributed by atoms with van der Waals surface area (Å²) in [6, 6.07) is 1.24. The molecular formula is C12H20F3N5O. The molecule has 1 aromatic heterocycles. The van der Waals surface area contributed by atoms with Crippen molar-refractivity contribution in [2.75, 3.05) is 17.3 Å². The molecule has 0 bridgehead atoms. The Morgan fingerprint density at radius 3 is 2.33 bits per heavy atom. The summed E-state index contributed by atoms with van der Waals surface area (Å²) in [4.78, 5) is 6.62. The first-order valence-electron chi connectivity index (χ1n) is 6.42. The number of aromatic nitrogens is 2. The molecule has 0 spiro atoms. The lowest BCUT2D eigenvalue weighted by atomic mass is 9.94. The smallest absolute Gasteiger partial charge is 0.388 e. The van der Waals surface area contributed by atoms with Gasteiger partial charge in [-0.05, 0) is 19.3 Å². The summed E-state index contributed by atoms with van der Waals surface area (Å²) >= 11 is 0. The summed E-state index contributed by atoms with van der Waals surface area (Å²) < 4.78 is 38.0. The van der Waals surface area contributed by atoms with Crippen LogP contribution in [0.1, 0.15) is 33.0 Å². The fourth-order valence-electron chi connectivity index (χ4n) is 1.97. The Balaban J connectivity index is 2.88. The maximum atomic E-state index is 12.7. The third-order valence-corrected chi connectivity index (χ3v) is 2.63. The van der Waals surface area contributed by atoms with Crippen molar-refractivity contribution < 1.29 is 18.3 Å². The molecule has 1 aromatic rings. The molecule has 0 saturated carbocycles. The van der Waals surface area contributed by atoms with Crippen molar-refractivity contribution in [3.63, 3.8) is 0 Å². The first-order valence-corrected chi connectivity index (χ1v) is 6.42. The Labute approximate surface area is 120 Å². The summed E-state index contributed by atoms with van der Waals surface area (Å²) in [6.07, 6.45) is -4.18. The number of nitrogens with zero attached hydrogens (tertiary/aromatic N) is 2. The van der Waals surface area contributed by atoms with Gasteiger partial charge in [0, 0.05) is 12.6 Å². The standard InChI is InChI=1S/C12H20F3N5O/c1-7(2)5-11(3,21)6-17-8-4-9(20-16)19-10(18-8)12(13,14)15/h4,7,21H,5-6,16H2,1-3H3,(H2,17,18,19,20). The number of hydrazine groups is 1. The van der Waals surface area contributed by atoms with Gasteiger partial charge in [0.15, 0.2) is 0 Å². The van der Waals surface area contributed by atoms with Crippen LogP contribution in [0.3, 0.4) is 0 Å². The summed E-state index contributed by atoms with van der Waals surface area (Å²) in [5.74, 6) is 3.82. The molecule has 0 aromatic carbocycles. The van der Waals surface area contributed by atoms with Gasteiger partial charge < -0.3 is 15.8 Å². The van der Waals surface area contributed by atoms with Crippen LogP contribution in [0.25, 0.3) is 0 Å². The van der Waals surface area contributed by atoms with Crippen LogP contribution in [0.5, 0.6) is 0 Å². The molecule has 1 rings (SSSR count). The second-order valence-electron chi connectivity index (χ2n) is 5.55. The molecule has 0 aliphatic heterocycles. The molecule has 5 N–H and O–H groups in total. The van der Waals surface area contributed by atoms with E-state index in [1.54, 1.807) is 6.92 Å². The van der Waals surface area contributed by atoms with E-state index in [0.717, 1.165) is 0 Å². The van der Waals surface area contributed by atoms with Crippen LogP contribution in [-0.2, 0) is 6.18 Å². The van der Waals surface area contributed by atoms with Gasteiger partial charge in [-0.1, -0.05) is 13.8 Å². The number of alkyl halides is 3. The normalized spacial score (nSPS) is 14.9. The molecule has 0 aliphatic rings. The average Bonchev–Trinajstić information content (AvgIpc) is 2.33. The van der Waals surface area contributed by atoms with Gasteiger partial charge in [0.1, 0.15) is 11.6 Å². The number of nitrogens with one attached hydrogen (secondary N) is 2. The molecule has 0 radical (unpaired) electrons. The van der Waals surface area contributed by atoms with E-state index in [0.29, 0.717) is 6.42 Å². The molecule has 0 aliphatic carbocycles. The highest BCUT2D eigenvalue weighted by Gasteiger charge is 2.35. The minimum Gasteiger partial charge on any atom is -0.388 e. The molecule has 21 heavy (non-hydrogen) atoms. The van der Waals surface area contributed by atoms with Crippen molar-refractivity contribution in [1.82, 2.24) is 9.97 Å². The molecule has 9 heteroatoms. The minimum absolute atomic E-state index is 0.0590. The van der Waals surface area contributed by atoms with Crippen molar-refractivity contribution in [2.24, 2.45) is 11.8 Å². The van der Waals surface area contributed by atoms with Crippen LogP contribution in [0.15, 0.2) is 6.07 Å². The summed E-state index contributed by atoms with van der Waals surface area (Å²) in [5, 5.41) is 12.8. The number of hydrogen-bond acceptors (Lipinski definition) is 6. The zero-order chi connectivity index (χ0) is 16.3. The average molecular weight is 307 g/mol.